The quantitative estimate of drug-likeness (QED) is 0.634. The Morgan fingerprint density at radius 2 is 2.54 bits per heavy atom. The summed E-state index contributed by atoms with van der Waals surface area (Å²) in [6, 6.07) is 0.516. The molecule has 4 nitrogen and oxygen atoms in total. The molecule has 0 radical (unpaired) electrons. The Kier molecular flexibility index (Phi) is 2.80. The summed E-state index contributed by atoms with van der Waals surface area (Å²) >= 11 is 0. The van der Waals surface area contributed by atoms with Gasteiger partial charge in [0.05, 0.1) is 6.61 Å². The molecule has 4 heteroatoms. The second kappa shape index (κ2) is 4.07. The van der Waals surface area contributed by atoms with Gasteiger partial charge in [0.25, 0.3) is 0 Å². The zero-order chi connectivity index (χ0) is 9.10. The van der Waals surface area contributed by atoms with Crippen LogP contribution in [-0.2, 0) is 9.53 Å². The average Bonchev–Trinajstić information content (AvgIpc) is 2.61. The van der Waals surface area contributed by atoms with Crippen LogP contribution < -0.4 is 5.32 Å². The van der Waals surface area contributed by atoms with E-state index >= 15 is 0 Å². The van der Waals surface area contributed by atoms with Crippen molar-refractivity contribution in [2.24, 2.45) is 0 Å². The van der Waals surface area contributed by atoms with E-state index in [1.807, 2.05) is 4.90 Å². The predicted octanol–water partition coefficient (Wildman–Crippen LogP) is -0.403. The van der Waals surface area contributed by atoms with E-state index in [9.17, 15) is 4.79 Å². The normalized spacial score (nSPS) is 29.7. The molecule has 2 rings (SSSR count). The molecule has 0 aromatic carbocycles. The van der Waals surface area contributed by atoms with Crippen molar-refractivity contribution in [3.8, 4) is 0 Å². The van der Waals surface area contributed by atoms with Crippen LogP contribution in [0.1, 0.15) is 12.8 Å². The van der Waals surface area contributed by atoms with Gasteiger partial charge < -0.3 is 15.0 Å². The molecule has 2 saturated heterocycles. The van der Waals surface area contributed by atoms with Crippen LogP contribution in [0.4, 0.5) is 0 Å². The Labute approximate surface area is 78.2 Å². The van der Waals surface area contributed by atoms with Crippen molar-refractivity contribution in [1.82, 2.24) is 10.2 Å². The molecule has 1 unspecified atom stereocenters. The Hall–Kier alpha value is -0.610. The third-order valence-corrected chi connectivity index (χ3v) is 2.69. The number of rotatable bonds is 2. The fourth-order valence-electron chi connectivity index (χ4n) is 1.92. The van der Waals surface area contributed by atoms with Gasteiger partial charge in [-0.3, -0.25) is 4.79 Å². The number of nitrogens with zero attached hydrogens (tertiary/aromatic N) is 1. The molecule has 0 spiro atoms. The molecule has 0 saturated carbocycles. The molecule has 0 bridgehead atoms. The lowest BCUT2D eigenvalue weighted by Gasteiger charge is -2.29. The first-order valence-corrected chi connectivity index (χ1v) is 4.95. The van der Waals surface area contributed by atoms with Crippen LogP contribution in [-0.4, -0.2) is 49.7 Å². The van der Waals surface area contributed by atoms with E-state index < -0.39 is 0 Å². The van der Waals surface area contributed by atoms with E-state index in [-0.39, 0.29) is 12.5 Å². The van der Waals surface area contributed by atoms with Gasteiger partial charge in [0.15, 0.2) is 0 Å². The summed E-state index contributed by atoms with van der Waals surface area (Å²) in [4.78, 5) is 13.3. The summed E-state index contributed by atoms with van der Waals surface area (Å²) in [6.45, 7) is 3.69. The number of carbonyl (C=O) groups excluding carboxylic acids is 1. The summed E-state index contributed by atoms with van der Waals surface area (Å²) in [5.74, 6) is 0.139. The SMILES string of the molecule is O=C1COCCN1CC1CCCN1. The first kappa shape index (κ1) is 8.97. The van der Waals surface area contributed by atoms with Crippen molar-refractivity contribution in [2.45, 2.75) is 18.9 Å². The fraction of sp³-hybridized carbons (Fsp3) is 0.889. The molecule has 2 heterocycles. The maximum Gasteiger partial charge on any atom is 0.248 e. The van der Waals surface area contributed by atoms with E-state index in [0.29, 0.717) is 12.6 Å². The van der Waals surface area contributed by atoms with Crippen LogP contribution in [0, 0.1) is 0 Å². The molecule has 13 heavy (non-hydrogen) atoms. The Bertz CT molecular complexity index is 190. The number of morpholine rings is 1. The maximum atomic E-state index is 11.4. The van der Waals surface area contributed by atoms with Gasteiger partial charge >= 0.3 is 0 Å². The standard InChI is InChI=1S/C9H16N2O2/c12-9-7-13-5-4-11(9)6-8-2-1-3-10-8/h8,10H,1-7H2. The highest BCUT2D eigenvalue weighted by Crippen LogP contribution is 2.08. The number of nitrogens with one attached hydrogen (secondary N) is 1. The molecule has 1 amide bonds. The lowest BCUT2D eigenvalue weighted by molar-refractivity contribution is -0.142. The van der Waals surface area contributed by atoms with Gasteiger partial charge in [0.1, 0.15) is 6.61 Å². The van der Waals surface area contributed by atoms with Gasteiger partial charge in [-0.05, 0) is 19.4 Å². The van der Waals surface area contributed by atoms with Crippen LogP contribution in [0.2, 0.25) is 0 Å². The van der Waals surface area contributed by atoms with Crippen molar-refractivity contribution in [3.63, 3.8) is 0 Å². The minimum atomic E-state index is 0.139. The van der Waals surface area contributed by atoms with Crippen LogP contribution in [0.3, 0.4) is 0 Å². The van der Waals surface area contributed by atoms with E-state index in [4.69, 9.17) is 4.74 Å². The molecule has 1 N–H and O–H groups in total. The monoisotopic (exact) mass is 184 g/mol. The van der Waals surface area contributed by atoms with Crippen molar-refractivity contribution in [1.29, 1.82) is 0 Å². The minimum Gasteiger partial charge on any atom is -0.370 e. The molecule has 2 fully saturated rings. The lowest BCUT2D eigenvalue weighted by atomic mass is 10.2. The van der Waals surface area contributed by atoms with Gasteiger partial charge in [0.2, 0.25) is 5.91 Å². The van der Waals surface area contributed by atoms with Crippen molar-refractivity contribution in [2.75, 3.05) is 32.8 Å². The molecule has 0 aromatic heterocycles. The lowest BCUT2D eigenvalue weighted by Crippen LogP contribution is -2.47. The largest absolute Gasteiger partial charge is 0.370 e. The fourth-order valence-corrected chi connectivity index (χ4v) is 1.92. The van der Waals surface area contributed by atoms with Crippen molar-refractivity contribution < 1.29 is 9.53 Å². The number of hydrogen-bond acceptors (Lipinski definition) is 3. The second-order valence-electron chi connectivity index (χ2n) is 3.69. The Morgan fingerprint density at radius 3 is 3.23 bits per heavy atom. The number of hydrogen-bond donors (Lipinski definition) is 1. The third kappa shape index (κ3) is 2.19. The molecular formula is C9H16N2O2. The highest BCUT2D eigenvalue weighted by molar-refractivity contribution is 5.78. The van der Waals surface area contributed by atoms with Gasteiger partial charge in [-0.25, -0.2) is 0 Å². The Balaban J connectivity index is 1.81. The molecule has 2 aliphatic rings. The minimum absolute atomic E-state index is 0.139. The smallest absolute Gasteiger partial charge is 0.248 e. The molecule has 0 aliphatic carbocycles. The van der Waals surface area contributed by atoms with Crippen molar-refractivity contribution in [3.05, 3.63) is 0 Å². The van der Waals surface area contributed by atoms with Crippen LogP contribution in [0.25, 0.3) is 0 Å². The van der Waals surface area contributed by atoms with Crippen LogP contribution in [0.5, 0.6) is 0 Å². The van der Waals surface area contributed by atoms with E-state index in [1.165, 1.54) is 12.8 Å². The van der Waals surface area contributed by atoms with Crippen molar-refractivity contribution >= 4 is 5.91 Å². The zero-order valence-corrected chi connectivity index (χ0v) is 7.79. The van der Waals surface area contributed by atoms with Gasteiger partial charge in [0, 0.05) is 19.1 Å². The molecule has 2 aliphatic heterocycles. The highest BCUT2D eigenvalue weighted by atomic mass is 16.5. The first-order valence-electron chi connectivity index (χ1n) is 4.95. The molecule has 0 aromatic rings. The molecular weight excluding hydrogens is 168 g/mol. The predicted molar refractivity (Wildman–Crippen MR) is 48.4 cm³/mol. The first-order chi connectivity index (χ1) is 6.36. The van der Waals surface area contributed by atoms with E-state index in [2.05, 4.69) is 5.32 Å². The van der Waals surface area contributed by atoms with Crippen LogP contribution in [0.15, 0.2) is 0 Å². The highest BCUT2D eigenvalue weighted by Gasteiger charge is 2.23. The summed E-state index contributed by atoms with van der Waals surface area (Å²) in [5.41, 5.74) is 0. The van der Waals surface area contributed by atoms with Crippen LogP contribution >= 0.6 is 0 Å². The van der Waals surface area contributed by atoms with E-state index in [0.717, 1.165) is 19.6 Å². The molecule has 1 atom stereocenters. The molecule has 74 valence electrons. The number of ether oxygens (including phenoxy) is 1. The zero-order valence-electron chi connectivity index (χ0n) is 7.79. The summed E-state index contributed by atoms with van der Waals surface area (Å²) in [7, 11) is 0. The average molecular weight is 184 g/mol. The number of amides is 1. The second-order valence-corrected chi connectivity index (χ2v) is 3.69. The van der Waals surface area contributed by atoms with E-state index in [1.54, 1.807) is 0 Å². The third-order valence-electron chi connectivity index (χ3n) is 2.69. The summed E-state index contributed by atoms with van der Waals surface area (Å²) in [6.07, 6.45) is 2.44. The maximum absolute atomic E-state index is 11.4. The summed E-state index contributed by atoms with van der Waals surface area (Å²) < 4.78 is 5.06. The van der Waals surface area contributed by atoms with Gasteiger partial charge in [-0.15, -0.1) is 0 Å². The summed E-state index contributed by atoms with van der Waals surface area (Å²) in [5, 5.41) is 3.39. The Morgan fingerprint density at radius 1 is 1.62 bits per heavy atom. The van der Waals surface area contributed by atoms with Gasteiger partial charge in [-0.2, -0.15) is 0 Å². The topological polar surface area (TPSA) is 41.6 Å². The number of carbonyl (C=O) groups is 1. The van der Waals surface area contributed by atoms with Gasteiger partial charge in [-0.1, -0.05) is 0 Å².